The van der Waals surface area contributed by atoms with E-state index in [0.717, 1.165) is 12.0 Å². The summed E-state index contributed by atoms with van der Waals surface area (Å²) in [7, 11) is 0. The minimum atomic E-state index is 0.487. The van der Waals surface area contributed by atoms with Gasteiger partial charge in [-0.2, -0.15) is 0 Å². The van der Waals surface area contributed by atoms with Crippen molar-refractivity contribution in [3.05, 3.63) is 0 Å². The Morgan fingerprint density at radius 2 is 1.82 bits per heavy atom. The molecule has 1 unspecified atom stereocenters. The van der Waals surface area contributed by atoms with Gasteiger partial charge in [-0.05, 0) is 69.6 Å². The molecule has 0 aromatic rings. The standard InChI is InChI=1S/C15H30N2/c1-15(2,3)8-12-17-11-4-5-14(17)13-6-9-16-10-7-13/h13-14,16H,4-12H2,1-3H3. The van der Waals surface area contributed by atoms with E-state index in [2.05, 4.69) is 31.0 Å². The summed E-state index contributed by atoms with van der Waals surface area (Å²) in [4.78, 5) is 2.79. The highest BCUT2D eigenvalue weighted by Crippen LogP contribution is 2.31. The van der Waals surface area contributed by atoms with Gasteiger partial charge in [-0.25, -0.2) is 0 Å². The summed E-state index contributed by atoms with van der Waals surface area (Å²) in [5, 5.41) is 3.49. The van der Waals surface area contributed by atoms with E-state index in [1.165, 1.54) is 58.3 Å². The molecule has 1 atom stereocenters. The lowest BCUT2D eigenvalue weighted by molar-refractivity contribution is 0.146. The minimum Gasteiger partial charge on any atom is -0.317 e. The molecule has 2 nitrogen and oxygen atoms in total. The number of hydrogen-bond donors (Lipinski definition) is 1. The Kier molecular flexibility index (Phi) is 4.48. The Labute approximate surface area is 107 Å². The first-order chi connectivity index (χ1) is 8.06. The van der Waals surface area contributed by atoms with Gasteiger partial charge in [0.2, 0.25) is 0 Å². The van der Waals surface area contributed by atoms with E-state index >= 15 is 0 Å². The van der Waals surface area contributed by atoms with E-state index in [-0.39, 0.29) is 0 Å². The van der Waals surface area contributed by atoms with Crippen LogP contribution in [0.4, 0.5) is 0 Å². The molecule has 2 fully saturated rings. The summed E-state index contributed by atoms with van der Waals surface area (Å²) in [5.41, 5.74) is 0.487. The van der Waals surface area contributed by atoms with Gasteiger partial charge in [0.05, 0.1) is 0 Å². The molecule has 1 N–H and O–H groups in total. The van der Waals surface area contributed by atoms with E-state index in [9.17, 15) is 0 Å². The molecule has 2 heteroatoms. The topological polar surface area (TPSA) is 15.3 Å². The molecule has 2 heterocycles. The molecule has 0 radical (unpaired) electrons. The third-order valence-electron chi connectivity index (χ3n) is 4.49. The molecule has 2 rings (SSSR count). The van der Waals surface area contributed by atoms with Crippen molar-refractivity contribution in [3.63, 3.8) is 0 Å². The molecule has 0 bridgehead atoms. The highest BCUT2D eigenvalue weighted by Gasteiger charge is 2.32. The fourth-order valence-electron chi connectivity index (χ4n) is 3.37. The lowest BCUT2D eigenvalue weighted by Gasteiger charge is -2.35. The SMILES string of the molecule is CC(C)(C)CCN1CCCC1C1CCNCC1. The number of rotatable bonds is 3. The molecule has 2 saturated heterocycles. The lowest BCUT2D eigenvalue weighted by Crippen LogP contribution is -2.42. The Balaban J connectivity index is 1.83. The first-order valence-corrected chi connectivity index (χ1v) is 7.51. The van der Waals surface area contributed by atoms with Crippen LogP contribution in [0.25, 0.3) is 0 Å². The van der Waals surface area contributed by atoms with Crippen LogP contribution in [0.1, 0.15) is 52.9 Å². The van der Waals surface area contributed by atoms with Crippen LogP contribution in [0.3, 0.4) is 0 Å². The second-order valence-corrected chi connectivity index (χ2v) is 7.14. The normalized spacial score (nSPS) is 28.8. The van der Waals surface area contributed by atoms with E-state index in [0.29, 0.717) is 5.41 Å². The zero-order valence-electron chi connectivity index (χ0n) is 12.0. The van der Waals surface area contributed by atoms with Crippen molar-refractivity contribution in [2.75, 3.05) is 26.2 Å². The second kappa shape index (κ2) is 5.71. The summed E-state index contributed by atoms with van der Waals surface area (Å²) in [6.07, 6.45) is 7.02. The van der Waals surface area contributed by atoms with Crippen LogP contribution < -0.4 is 5.32 Å². The molecule has 2 aliphatic rings. The number of nitrogens with zero attached hydrogens (tertiary/aromatic N) is 1. The van der Waals surface area contributed by atoms with Gasteiger partial charge in [-0.3, -0.25) is 0 Å². The van der Waals surface area contributed by atoms with Crippen molar-refractivity contribution in [3.8, 4) is 0 Å². The van der Waals surface area contributed by atoms with E-state index in [4.69, 9.17) is 0 Å². The van der Waals surface area contributed by atoms with E-state index in [1.807, 2.05) is 0 Å². The Bertz CT molecular complexity index is 226. The highest BCUT2D eigenvalue weighted by molar-refractivity contribution is 4.87. The lowest BCUT2D eigenvalue weighted by atomic mass is 9.87. The van der Waals surface area contributed by atoms with Crippen molar-refractivity contribution >= 4 is 0 Å². The van der Waals surface area contributed by atoms with Crippen molar-refractivity contribution in [2.45, 2.75) is 58.9 Å². The zero-order chi connectivity index (χ0) is 12.3. The molecular formula is C15H30N2. The predicted octanol–water partition coefficient (Wildman–Crippen LogP) is 2.89. The fourth-order valence-corrected chi connectivity index (χ4v) is 3.37. The van der Waals surface area contributed by atoms with Crippen molar-refractivity contribution in [1.82, 2.24) is 10.2 Å². The molecule has 0 aromatic carbocycles. The van der Waals surface area contributed by atoms with Gasteiger partial charge in [0, 0.05) is 6.04 Å². The largest absolute Gasteiger partial charge is 0.317 e. The van der Waals surface area contributed by atoms with Crippen LogP contribution in [0, 0.1) is 11.3 Å². The maximum Gasteiger partial charge on any atom is 0.0125 e. The van der Waals surface area contributed by atoms with Crippen molar-refractivity contribution in [2.24, 2.45) is 11.3 Å². The third-order valence-corrected chi connectivity index (χ3v) is 4.49. The van der Waals surface area contributed by atoms with Crippen LogP contribution in [0.15, 0.2) is 0 Å². The third kappa shape index (κ3) is 3.96. The number of piperidine rings is 1. The first-order valence-electron chi connectivity index (χ1n) is 7.51. The predicted molar refractivity (Wildman–Crippen MR) is 74.3 cm³/mol. The first kappa shape index (κ1) is 13.4. The molecule has 0 spiro atoms. The maximum absolute atomic E-state index is 3.49. The van der Waals surface area contributed by atoms with Gasteiger partial charge in [0.1, 0.15) is 0 Å². The Morgan fingerprint density at radius 1 is 1.12 bits per heavy atom. The average Bonchev–Trinajstić information content (AvgIpc) is 2.75. The van der Waals surface area contributed by atoms with Gasteiger partial charge in [-0.1, -0.05) is 20.8 Å². The van der Waals surface area contributed by atoms with Gasteiger partial charge in [0.15, 0.2) is 0 Å². The van der Waals surface area contributed by atoms with Gasteiger partial charge < -0.3 is 10.2 Å². The van der Waals surface area contributed by atoms with Gasteiger partial charge in [0.25, 0.3) is 0 Å². The molecule has 2 aliphatic heterocycles. The molecular weight excluding hydrogens is 208 g/mol. The van der Waals surface area contributed by atoms with Crippen molar-refractivity contribution < 1.29 is 0 Å². The summed E-state index contributed by atoms with van der Waals surface area (Å²) >= 11 is 0. The number of hydrogen-bond acceptors (Lipinski definition) is 2. The van der Waals surface area contributed by atoms with E-state index in [1.54, 1.807) is 0 Å². The van der Waals surface area contributed by atoms with Gasteiger partial charge in [-0.15, -0.1) is 0 Å². The Hall–Kier alpha value is -0.0800. The van der Waals surface area contributed by atoms with Crippen LogP contribution in [0.2, 0.25) is 0 Å². The fraction of sp³-hybridized carbons (Fsp3) is 1.00. The summed E-state index contributed by atoms with van der Waals surface area (Å²) in [6, 6.07) is 0.902. The quantitative estimate of drug-likeness (QED) is 0.813. The minimum absolute atomic E-state index is 0.487. The van der Waals surface area contributed by atoms with Gasteiger partial charge >= 0.3 is 0 Å². The van der Waals surface area contributed by atoms with Crippen molar-refractivity contribution in [1.29, 1.82) is 0 Å². The maximum atomic E-state index is 3.49. The molecule has 100 valence electrons. The number of likely N-dealkylation sites (tertiary alicyclic amines) is 1. The molecule has 17 heavy (non-hydrogen) atoms. The highest BCUT2D eigenvalue weighted by atomic mass is 15.2. The van der Waals surface area contributed by atoms with Crippen LogP contribution in [-0.2, 0) is 0 Å². The molecule has 0 aliphatic carbocycles. The number of nitrogens with one attached hydrogen (secondary N) is 1. The smallest absolute Gasteiger partial charge is 0.0125 e. The summed E-state index contributed by atoms with van der Waals surface area (Å²) in [5.74, 6) is 0.971. The van der Waals surface area contributed by atoms with Crippen LogP contribution in [-0.4, -0.2) is 37.1 Å². The monoisotopic (exact) mass is 238 g/mol. The van der Waals surface area contributed by atoms with Crippen LogP contribution >= 0.6 is 0 Å². The molecule has 0 amide bonds. The van der Waals surface area contributed by atoms with E-state index < -0.39 is 0 Å². The molecule has 0 saturated carbocycles. The summed E-state index contributed by atoms with van der Waals surface area (Å²) < 4.78 is 0. The Morgan fingerprint density at radius 3 is 2.47 bits per heavy atom. The zero-order valence-corrected chi connectivity index (χ0v) is 12.0. The molecule has 0 aromatic heterocycles. The summed E-state index contributed by atoms with van der Waals surface area (Å²) in [6.45, 7) is 12.2. The second-order valence-electron chi connectivity index (χ2n) is 7.14. The van der Waals surface area contributed by atoms with Crippen LogP contribution in [0.5, 0.6) is 0 Å². The average molecular weight is 238 g/mol.